The maximum atomic E-state index is 12.8. The smallest absolute Gasteiger partial charge is 0.255 e. The highest BCUT2D eigenvalue weighted by Crippen LogP contribution is 2.46. The van der Waals surface area contributed by atoms with Gasteiger partial charge in [-0.3, -0.25) is 9.36 Å². The minimum atomic E-state index is -3.18. The summed E-state index contributed by atoms with van der Waals surface area (Å²) in [4.78, 5) is 23.9. The molecule has 2 aromatic carbocycles. The molecule has 1 aromatic heterocycles. The Morgan fingerprint density at radius 3 is 2.66 bits per heavy atom. The van der Waals surface area contributed by atoms with Gasteiger partial charge in [-0.1, -0.05) is 38.1 Å². The molecule has 0 saturated carbocycles. The predicted octanol–water partition coefficient (Wildman–Crippen LogP) is 5.47. The van der Waals surface area contributed by atoms with Crippen molar-refractivity contribution in [2.24, 2.45) is 0 Å². The normalized spacial score (nSPS) is 13.2. The summed E-state index contributed by atoms with van der Waals surface area (Å²) in [6.45, 7) is 3.50. The zero-order valence-corrected chi connectivity index (χ0v) is 18.2. The lowest BCUT2D eigenvalue weighted by Crippen LogP contribution is -2.13. The number of aryl methyl sites for hydroxylation is 1. The summed E-state index contributed by atoms with van der Waals surface area (Å²) in [7, 11) is -3.18. The van der Waals surface area contributed by atoms with Gasteiger partial charge in [0.2, 0.25) is 7.37 Å². The second-order valence-electron chi connectivity index (χ2n) is 7.26. The molecule has 0 aliphatic carbocycles. The molecule has 1 heterocycles. The molecule has 0 radical (unpaired) electrons. The molecule has 3 rings (SSSR count). The van der Waals surface area contributed by atoms with E-state index < -0.39 is 7.37 Å². The Hall–Kier alpha value is -2.40. The molecule has 7 heteroatoms. The molecule has 0 aliphatic rings. The summed E-state index contributed by atoms with van der Waals surface area (Å²) >= 11 is 1.62. The maximum absolute atomic E-state index is 12.8. The lowest BCUT2D eigenvalue weighted by Gasteiger charge is -2.15. The van der Waals surface area contributed by atoms with Crippen molar-refractivity contribution in [2.75, 3.05) is 17.2 Å². The number of benzene rings is 2. The Morgan fingerprint density at radius 2 is 1.97 bits per heavy atom. The van der Waals surface area contributed by atoms with Crippen LogP contribution in [0.2, 0.25) is 0 Å². The average Bonchev–Trinajstić information content (AvgIpc) is 3.23. The number of nitrogen functional groups attached to an aromatic ring is 1. The van der Waals surface area contributed by atoms with Gasteiger partial charge in [0, 0.05) is 22.3 Å². The molecule has 4 N–H and O–H groups in total. The van der Waals surface area contributed by atoms with E-state index in [0.717, 1.165) is 16.0 Å². The molecular formula is C22H25N2O3PS. The molecule has 1 atom stereocenters. The number of thiophene rings is 1. The number of nitrogens with two attached hydrogens (primary N) is 1. The van der Waals surface area contributed by atoms with Gasteiger partial charge in [-0.05, 0) is 53.3 Å². The number of rotatable bonds is 7. The zero-order chi connectivity index (χ0) is 21.0. The van der Waals surface area contributed by atoms with Gasteiger partial charge in [0.05, 0.1) is 11.4 Å². The van der Waals surface area contributed by atoms with Gasteiger partial charge in [0.15, 0.2) is 0 Å². The van der Waals surface area contributed by atoms with Crippen LogP contribution in [0.3, 0.4) is 0 Å². The van der Waals surface area contributed by atoms with Gasteiger partial charge >= 0.3 is 0 Å². The van der Waals surface area contributed by atoms with Crippen LogP contribution in [0.15, 0.2) is 60.0 Å². The van der Waals surface area contributed by atoms with Crippen molar-refractivity contribution in [1.82, 2.24) is 0 Å². The third-order valence-corrected chi connectivity index (χ3v) is 8.22. The summed E-state index contributed by atoms with van der Waals surface area (Å²) in [5.74, 6) is -0.266. The molecular weight excluding hydrogens is 403 g/mol. The van der Waals surface area contributed by atoms with E-state index in [9.17, 15) is 14.3 Å². The van der Waals surface area contributed by atoms with Gasteiger partial charge in [-0.25, -0.2) is 0 Å². The summed E-state index contributed by atoms with van der Waals surface area (Å²) in [6.07, 6.45) is 0.647. The molecule has 29 heavy (non-hydrogen) atoms. The maximum Gasteiger partial charge on any atom is 0.255 e. The molecule has 0 spiro atoms. The molecule has 5 nitrogen and oxygen atoms in total. The van der Waals surface area contributed by atoms with E-state index in [2.05, 4.69) is 5.32 Å². The van der Waals surface area contributed by atoms with Crippen LogP contribution in [0.5, 0.6) is 0 Å². The van der Waals surface area contributed by atoms with Crippen molar-refractivity contribution in [3.8, 4) is 10.4 Å². The molecule has 3 aromatic rings. The fourth-order valence-electron chi connectivity index (χ4n) is 2.87. The van der Waals surface area contributed by atoms with E-state index in [-0.39, 0.29) is 17.7 Å². The highest BCUT2D eigenvalue weighted by molar-refractivity contribution is 7.58. The lowest BCUT2D eigenvalue weighted by atomic mass is 10.1. The van der Waals surface area contributed by atoms with Crippen LogP contribution in [-0.4, -0.2) is 22.6 Å². The number of hydrogen-bond acceptors (Lipinski definition) is 4. The second-order valence-corrected chi connectivity index (χ2v) is 11.2. The van der Waals surface area contributed by atoms with Crippen molar-refractivity contribution in [2.45, 2.75) is 25.9 Å². The predicted molar refractivity (Wildman–Crippen MR) is 122 cm³/mol. The third-order valence-electron chi connectivity index (χ3n) is 4.82. The number of carbonyl (C=O) groups excluding carboxylic acids is 1. The van der Waals surface area contributed by atoms with E-state index >= 15 is 0 Å². The molecule has 0 fully saturated rings. The monoisotopic (exact) mass is 428 g/mol. The van der Waals surface area contributed by atoms with Gasteiger partial charge in [-0.15, -0.1) is 11.3 Å². The Labute approximate surface area is 175 Å². The summed E-state index contributed by atoms with van der Waals surface area (Å²) < 4.78 is 12.2. The first kappa shape index (κ1) is 21.3. The molecule has 1 amide bonds. The van der Waals surface area contributed by atoms with Gasteiger partial charge < -0.3 is 15.9 Å². The van der Waals surface area contributed by atoms with E-state index in [1.54, 1.807) is 49.4 Å². The standard InChI is InChI=1S/C22H25N2O3PS/c1-15(2)28(26,27)11-10-16-5-3-6-18(13-16)22(25)24-20-14-17(8-9-19(20)23)21-7-4-12-29-21/h3-9,12-15H,10-11,23H2,1-2H3,(H,24,25)(H,26,27). The number of amides is 1. The van der Waals surface area contributed by atoms with Crippen LogP contribution in [0.1, 0.15) is 29.8 Å². The van der Waals surface area contributed by atoms with E-state index in [4.69, 9.17) is 5.73 Å². The van der Waals surface area contributed by atoms with E-state index in [0.29, 0.717) is 23.4 Å². The zero-order valence-electron chi connectivity index (χ0n) is 16.5. The van der Waals surface area contributed by atoms with Crippen LogP contribution in [-0.2, 0) is 11.0 Å². The Balaban J connectivity index is 1.75. The average molecular weight is 428 g/mol. The van der Waals surface area contributed by atoms with Crippen molar-refractivity contribution >= 4 is 36.0 Å². The fourth-order valence-corrected chi connectivity index (χ4v) is 4.69. The summed E-state index contributed by atoms with van der Waals surface area (Å²) in [5.41, 5.74) is 9.17. The van der Waals surface area contributed by atoms with E-state index in [1.165, 1.54) is 0 Å². The molecule has 0 saturated heterocycles. The van der Waals surface area contributed by atoms with Crippen LogP contribution in [0.25, 0.3) is 10.4 Å². The topological polar surface area (TPSA) is 92.4 Å². The quantitative estimate of drug-likeness (QED) is 0.344. The first-order valence-electron chi connectivity index (χ1n) is 9.41. The number of hydrogen-bond donors (Lipinski definition) is 3. The minimum Gasteiger partial charge on any atom is -0.397 e. The minimum absolute atomic E-state index is 0.200. The van der Waals surface area contributed by atoms with Crippen molar-refractivity contribution in [3.63, 3.8) is 0 Å². The Kier molecular flexibility index (Phi) is 6.58. The number of nitrogens with one attached hydrogen (secondary N) is 1. The molecule has 1 unspecified atom stereocenters. The third kappa shape index (κ3) is 5.36. The van der Waals surface area contributed by atoms with Crippen molar-refractivity contribution < 1.29 is 14.3 Å². The van der Waals surface area contributed by atoms with E-state index in [1.807, 2.05) is 35.7 Å². The SMILES string of the molecule is CC(C)P(=O)(O)CCc1cccc(C(=O)Nc2cc(-c3cccs3)ccc2N)c1. The molecule has 0 aliphatic heterocycles. The largest absolute Gasteiger partial charge is 0.397 e. The molecule has 152 valence electrons. The fraction of sp³-hybridized carbons (Fsp3) is 0.227. The van der Waals surface area contributed by atoms with Gasteiger partial charge in [-0.2, -0.15) is 0 Å². The number of carbonyl (C=O) groups is 1. The van der Waals surface area contributed by atoms with Crippen LogP contribution in [0.4, 0.5) is 11.4 Å². The second kappa shape index (κ2) is 8.95. The van der Waals surface area contributed by atoms with Gasteiger partial charge in [0.1, 0.15) is 0 Å². The van der Waals surface area contributed by atoms with Crippen molar-refractivity contribution in [1.29, 1.82) is 0 Å². The highest BCUT2D eigenvalue weighted by atomic mass is 32.1. The van der Waals surface area contributed by atoms with Crippen LogP contribution in [0, 0.1) is 0 Å². The first-order valence-corrected chi connectivity index (χ1v) is 12.2. The Bertz CT molecular complexity index is 1050. The molecule has 0 bridgehead atoms. The Morgan fingerprint density at radius 1 is 1.17 bits per heavy atom. The van der Waals surface area contributed by atoms with Gasteiger partial charge in [0.25, 0.3) is 5.91 Å². The van der Waals surface area contributed by atoms with Crippen LogP contribution >= 0.6 is 18.7 Å². The summed E-state index contributed by atoms with van der Waals surface area (Å²) in [5, 5.41) is 4.88. The lowest BCUT2D eigenvalue weighted by molar-refractivity contribution is 0.102. The highest BCUT2D eigenvalue weighted by Gasteiger charge is 2.22. The first-order chi connectivity index (χ1) is 13.8. The van der Waals surface area contributed by atoms with Crippen molar-refractivity contribution in [3.05, 3.63) is 71.1 Å². The number of anilines is 2. The van der Waals surface area contributed by atoms with Crippen LogP contribution < -0.4 is 11.1 Å². The summed E-state index contributed by atoms with van der Waals surface area (Å²) in [6, 6.07) is 16.7.